The highest BCUT2D eigenvalue weighted by Gasteiger charge is 2.74. The van der Waals surface area contributed by atoms with Crippen molar-refractivity contribution in [1.29, 1.82) is 0 Å². The van der Waals surface area contributed by atoms with Gasteiger partial charge >= 0.3 is 0 Å². The van der Waals surface area contributed by atoms with Crippen molar-refractivity contribution in [2.24, 2.45) is 28.5 Å². The number of carbonyl (C=O) groups is 4. The molecule has 0 bridgehead atoms. The average molecular weight is 1080 g/mol. The average Bonchev–Trinajstić information content (AvgIpc) is 4.08. The third-order valence-electron chi connectivity index (χ3n) is 16.9. The lowest BCUT2D eigenvalue weighted by Crippen LogP contribution is -2.59. The molecule has 0 radical (unpaired) electrons. The number of rotatable bonds is 17. The summed E-state index contributed by atoms with van der Waals surface area (Å²) in [4.78, 5) is 57.5. The second-order valence-corrected chi connectivity index (χ2v) is 23.5. The Hall–Kier alpha value is -2.74. The molecular weight excluding hydrogens is 998 g/mol. The van der Waals surface area contributed by atoms with Crippen LogP contribution in [-0.4, -0.2) is 165 Å². The zero-order chi connectivity index (χ0) is 54.6. The summed E-state index contributed by atoms with van der Waals surface area (Å²) in [5.41, 5.74) is 8.96. The summed E-state index contributed by atoms with van der Waals surface area (Å²) in [6.07, 6.45) is 15.2. The molecule has 6 heterocycles. The quantitative estimate of drug-likeness (QED) is 0.0383. The molecule has 3 spiro atoms. The van der Waals surface area contributed by atoms with Crippen molar-refractivity contribution in [3.8, 4) is 0 Å². The van der Waals surface area contributed by atoms with E-state index in [9.17, 15) is 24.0 Å². The van der Waals surface area contributed by atoms with Gasteiger partial charge in [0.25, 0.3) is 5.91 Å². The van der Waals surface area contributed by atoms with Crippen LogP contribution in [0.1, 0.15) is 127 Å². The summed E-state index contributed by atoms with van der Waals surface area (Å²) >= 11 is 10.4. The van der Waals surface area contributed by atoms with E-state index >= 15 is 0 Å². The zero-order valence-corrected chi connectivity index (χ0v) is 47.2. The standard InChI is InChI=1S/C20H30ClNO5.C16H27NO3.C16H24O4.C3H2ClNO2/c1-12(2)5-6-15-19(3,27-15)18-17(25-4)14(7-8-20(18)11-26-20)22-16(24)9-13(23)10-21;2*1-10(2)5-6-12-15(3,20-12)14-13(18-4)11(17)7-8-16(14)9-19-16;4-1-3(7)5-2-6/h5,14-15,17-18H,6-11H2,1-4H3,(H,22,24);5,11-14H,6-9,17H2,1-4H3;5,12-14H,6-9H2,1-4H3;1H2/t14-,15-,17-,18-,19+,20+;11-,12-,13-,14-,15+,16+;12-,13-,14-,15+,16+;/m111./s1. The van der Waals surface area contributed by atoms with E-state index in [0.717, 1.165) is 70.7 Å². The Morgan fingerprint density at radius 3 is 1.50 bits per heavy atom. The van der Waals surface area contributed by atoms with E-state index in [1.807, 2.05) is 0 Å². The van der Waals surface area contributed by atoms with Gasteiger partial charge in [0.1, 0.15) is 34.4 Å². The number of Topliss-reactive ketones (excluding diaryl/α,β-unsaturated/α-hetero) is 2. The molecule has 3 aliphatic carbocycles. The number of amides is 2. The molecule has 19 heteroatoms. The summed E-state index contributed by atoms with van der Waals surface area (Å²) in [6, 6.07) is -0.0828. The number of carbonyl (C=O) groups excluding carboxylic acids is 5. The van der Waals surface area contributed by atoms with E-state index < -0.39 is 5.91 Å². The maximum atomic E-state index is 12.2. The second kappa shape index (κ2) is 24.5. The molecule has 17 nitrogen and oxygen atoms in total. The predicted octanol–water partition coefficient (Wildman–Crippen LogP) is 6.75. The van der Waals surface area contributed by atoms with Gasteiger partial charge in [0.15, 0.2) is 11.6 Å². The van der Waals surface area contributed by atoms with Gasteiger partial charge in [-0.15, -0.1) is 28.2 Å². The molecule has 9 aliphatic rings. The van der Waals surface area contributed by atoms with E-state index in [-0.39, 0.29) is 136 Å². The maximum Gasteiger partial charge on any atom is 0.271 e. The number of nitrogens with two attached hydrogens (primary N) is 1. The first-order valence-corrected chi connectivity index (χ1v) is 27.2. The fourth-order valence-electron chi connectivity index (χ4n) is 12.5. The number of epoxide rings is 6. The SMILES string of the molecule is CO[C@@H]1C(=O)CC[C@]2(CO2)[C@H]1[C@@]1(C)O[C@@H]1CC=C(C)C.CO[C@@H]1[C@H](N)CC[C@]2(CO2)[C@H]1[C@@]1(C)O[C@@H]1CC=C(C)C.CO[C@@H]1[C@H](NC(=O)CC(=O)CCl)CC[C@]2(CO2)[C@H]1[C@@]1(C)O[C@@H]1CC=C(C)C.O=C=NC(=O)CCl. The van der Waals surface area contributed by atoms with E-state index in [2.05, 4.69) is 90.9 Å². The van der Waals surface area contributed by atoms with Gasteiger partial charge in [-0.3, -0.25) is 19.2 Å². The van der Waals surface area contributed by atoms with Crippen molar-refractivity contribution < 1.29 is 66.6 Å². The van der Waals surface area contributed by atoms with Crippen molar-refractivity contribution in [2.75, 3.05) is 52.9 Å². The molecular formula is C55H83Cl2N3O14. The molecule has 17 atom stereocenters. The van der Waals surface area contributed by atoms with Crippen LogP contribution in [-0.2, 0) is 66.6 Å². The fourth-order valence-corrected chi connectivity index (χ4v) is 12.7. The number of hydrogen-bond acceptors (Lipinski definition) is 15. The van der Waals surface area contributed by atoms with Gasteiger partial charge in [0, 0.05) is 45.6 Å². The van der Waals surface area contributed by atoms with Crippen molar-refractivity contribution in [3.63, 3.8) is 0 Å². The Kier molecular flexibility index (Phi) is 20.0. The third-order valence-corrected chi connectivity index (χ3v) is 17.4. The molecule has 0 aromatic carbocycles. The van der Waals surface area contributed by atoms with E-state index in [0.29, 0.717) is 13.0 Å². The van der Waals surface area contributed by atoms with Crippen LogP contribution in [0.4, 0.5) is 0 Å². The third kappa shape index (κ3) is 13.7. The molecule has 9 rings (SSSR count). The highest BCUT2D eigenvalue weighted by atomic mass is 35.5. The van der Waals surface area contributed by atoms with Gasteiger partial charge < -0.3 is 53.7 Å². The van der Waals surface area contributed by atoms with Crippen LogP contribution in [0.5, 0.6) is 0 Å². The van der Waals surface area contributed by atoms with Crippen LogP contribution in [0.25, 0.3) is 0 Å². The molecule has 6 aliphatic heterocycles. The number of ketones is 2. The largest absolute Gasteiger partial charge is 0.379 e. The smallest absolute Gasteiger partial charge is 0.271 e. The van der Waals surface area contributed by atoms with Gasteiger partial charge in [0.2, 0.25) is 12.0 Å². The molecule has 6 saturated heterocycles. The van der Waals surface area contributed by atoms with Crippen molar-refractivity contribution in [2.45, 2.75) is 209 Å². The minimum Gasteiger partial charge on any atom is -0.379 e. The van der Waals surface area contributed by atoms with Gasteiger partial charge in [-0.25, -0.2) is 4.79 Å². The lowest BCUT2D eigenvalue weighted by atomic mass is 9.67. The number of ether oxygens (including phenoxy) is 9. The van der Waals surface area contributed by atoms with E-state index in [4.69, 9.17) is 71.6 Å². The number of methoxy groups -OCH3 is 3. The minimum atomic E-state index is -0.656. The Labute approximate surface area is 448 Å². The Morgan fingerprint density at radius 2 is 1.12 bits per heavy atom. The van der Waals surface area contributed by atoms with Crippen LogP contribution in [0.15, 0.2) is 39.9 Å². The molecule has 416 valence electrons. The first-order chi connectivity index (χ1) is 34.9. The maximum absolute atomic E-state index is 12.2. The van der Waals surface area contributed by atoms with Gasteiger partial charge in [-0.05, 0) is 114 Å². The number of allylic oxidation sites excluding steroid dienone is 3. The molecule has 74 heavy (non-hydrogen) atoms. The van der Waals surface area contributed by atoms with Crippen LogP contribution >= 0.6 is 23.2 Å². The topological polar surface area (TPSA) is 239 Å². The molecule has 0 aromatic heterocycles. The summed E-state index contributed by atoms with van der Waals surface area (Å²) in [5, 5.41) is 2.98. The van der Waals surface area contributed by atoms with Crippen molar-refractivity contribution in [3.05, 3.63) is 34.9 Å². The molecule has 0 unspecified atom stereocenters. The van der Waals surface area contributed by atoms with Crippen LogP contribution in [0, 0.1) is 17.8 Å². The summed E-state index contributed by atoms with van der Waals surface area (Å²) in [7, 11) is 5.04. The van der Waals surface area contributed by atoms with E-state index in [1.54, 1.807) is 21.3 Å². The van der Waals surface area contributed by atoms with Gasteiger partial charge in [-0.1, -0.05) is 34.9 Å². The molecule has 3 N–H and O–H groups in total. The molecule has 0 aromatic rings. The number of nitrogens with one attached hydrogen (secondary N) is 1. The Morgan fingerprint density at radius 1 is 0.689 bits per heavy atom. The normalized spacial score (nSPS) is 41.2. The number of nitrogens with zero attached hydrogens (tertiary/aromatic N) is 1. The summed E-state index contributed by atoms with van der Waals surface area (Å²) in [5.74, 6) is -1.14. The van der Waals surface area contributed by atoms with Crippen LogP contribution in [0.3, 0.4) is 0 Å². The number of alkyl halides is 2. The van der Waals surface area contributed by atoms with E-state index in [1.165, 1.54) is 16.7 Å². The predicted molar refractivity (Wildman–Crippen MR) is 278 cm³/mol. The number of isocyanates is 1. The van der Waals surface area contributed by atoms with Crippen molar-refractivity contribution in [1.82, 2.24) is 5.32 Å². The Bertz CT molecular complexity index is 2180. The summed E-state index contributed by atoms with van der Waals surface area (Å²) < 4.78 is 52.8. The second-order valence-electron chi connectivity index (χ2n) is 22.9. The van der Waals surface area contributed by atoms with Crippen LogP contribution < -0.4 is 11.1 Å². The van der Waals surface area contributed by atoms with Gasteiger partial charge in [-0.2, -0.15) is 0 Å². The molecule has 9 fully saturated rings. The van der Waals surface area contributed by atoms with Crippen molar-refractivity contribution >= 4 is 52.7 Å². The minimum absolute atomic E-state index is 0.0248. The molecule has 3 saturated carbocycles. The summed E-state index contributed by atoms with van der Waals surface area (Å²) in [6.45, 7) is 21.3. The van der Waals surface area contributed by atoms with Gasteiger partial charge in [0.05, 0.1) is 85.8 Å². The molecule has 2 amide bonds. The number of aliphatic imine (C=N–C) groups is 1. The highest BCUT2D eigenvalue weighted by molar-refractivity contribution is 6.29. The lowest BCUT2D eigenvalue weighted by molar-refractivity contribution is -0.142. The first kappa shape index (κ1) is 60.5. The highest BCUT2D eigenvalue weighted by Crippen LogP contribution is 2.61. The fraction of sp³-hybridized carbons (Fsp3) is 0.800. The Balaban J connectivity index is 0.000000172. The first-order valence-electron chi connectivity index (χ1n) is 26.2. The zero-order valence-electron chi connectivity index (χ0n) is 45.7. The number of hydrogen-bond donors (Lipinski definition) is 2. The number of halogens is 2. The lowest BCUT2D eigenvalue weighted by Gasteiger charge is -2.43. The van der Waals surface area contributed by atoms with Crippen LogP contribution in [0.2, 0.25) is 0 Å². The monoisotopic (exact) mass is 1080 g/mol.